The summed E-state index contributed by atoms with van der Waals surface area (Å²) in [6.45, 7) is 0.361. The lowest BCUT2D eigenvalue weighted by atomic mass is 10.1. The summed E-state index contributed by atoms with van der Waals surface area (Å²) in [7, 11) is 3.04. The Morgan fingerprint density at radius 2 is 2.13 bits per heavy atom. The molecule has 0 aliphatic carbocycles. The van der Waals surface area contributed by atoms with E-state index in [9.17, 15) is 0 Å². The average molecular weight is 207 g/mol. The van der Waals surface area contributed by atoms with Crippen LogP contribution in [0.3, 0.4) is 0 Å². The molecule has 0 spiro atoms. The number of nitriles is 1. The molecule has 1 rings (SSSR count). The Labute approximate surface area is 88.9 Å². The molecule has 80 valence electrons. The van der Waals surface area contributed by atoms with Gasteiger partial charge < -0.3 is 4.74 Å². The van der Waals surface area contributed by atoms with Crippen molar-refractivity contribution in [2.45, 2.75) is 13.0 Å². The Balaban J connectivity index is 2.83. The molecule has 0 aliphatic heterocycles. The van der Waals surface area contributed by atoms with Crippen LogP contribution in [0, 0.1) is 11.3 Å². The van der Waals surface area contributed by atoms with Gasteiger partial charge in [-0.3, -0.25) is 0 Å². The maximum atomic E-state index is 8.60. The number of methoxy groups -OCH3 is 1. The van der Waals surface area contributed by atoms with Crippen LogP contribution in [0.2, 0.25) is 0 Å². The SMILES string of the molecule is COOCc1ccc(CC#N)c(OC)c1. The van der Waals surface area contributed by atoms with Gasteiger partial charge in [-0.2, -0.15) is 5.26 Å². The van der Waals surface area contributed by atoms with Gasteiger partial charge in [-0.15, -0.1) is 0 Å². The van der Waals surface area contributed by atoms with Crippen molar-refractivity contribution in [3.05, 3.63) is 29.3 Å². The predicted octanol–water partition coefficient (Wildman–Crippen LogP) is 1.84. The van der Waals surface area contributed by atoms with Gasteiger partial charge in [0.25, 0.3) is 0 Å². The number of nitrogens with zero attached hydrogens (tertiary/aromatic N) is 1. The number of rotatable bonds is 5. The maximum absolute atomic E-state index is 8.60. The molecule has 0 amide bonds. The van der Waals surface area contributed by atoms with Gasteiger partial charge in [0.1, 0.15) is 12.4 Å². The molecule has 0 atom stereocenters. The van der Waals surface area contributed by atoms with Crippen molar-refractivity contribution in [3.63, 3.8) is 0 Å². The van der Waals surface area contributed by atoms with Crippen molar-refractivity contribution < 1.29 is 14.5 Å². The standard InChI is InChI=1S/C11H13NO3/c1-13-11-7-9(8-15-14-2)3-4-10(11)5-6-12/h3-4,7H,5,8H2,1-2H3. The lowest BCUT2D eigenvalue weighted by Gasteiger charge is -2.08. The van der Waals surface area contributed by atoms with Gasteiger partial charge in [-0.1, -0.05) is 12.1 Å². The summed E-state index contributed by atoms with van der Waals surface area (Å²) in [5.41, 5.74) is 1.82. The van der Waals surface area contributed by atoms with Crippen LogP contribution in [0.15, 0.2) is 18.2 Å². The Bertz CT molecular complexity index is 357. The molecule has 1 aromatic rings. The fourth-order valence-electron chi connectivity index (χ4n) is 1.24. The molecule has 0 aromatic heterocycles. The van der Waals surface area contributed by atoms with Crippen LogP contribution in [-0.2, 0) is 22.8 Å². The molecule has 15 heavy (non-hydrogen) atoms. The molecule has 0 N–H and O–H groups in total. The number of hydrogen-bond acceptors (Lipinski definition) is 4. The molecule has 0 saturated carbocycles. The second kappa shape index (κ2) is 6.02. The summed E-state index contributed by atoms with van der Waals surface area (Å²) in [4.78, 5) is 9.30. The van der Waals surface area contributed by atoms with Crippen molar-refractivity contribution in [1.29, 1.82) is 5.26 Å². The summed E-state index contributed by atoms with van der Waals surface area (Å²) in [6.07, 6.45) is 0.342. The highest BCUT2D eigenvalue weighted by Gasteiger charge is 2.04. The third kappa shape index (κ3) is 3.24. The van der Waals surface area contributed by atoms with Crippen LogP contribution < -0.4 is 4.74 Å². The van der Waals surface area contributed by atoms with Crippen LogP contribution in [0.1, 0.15) is 11.1 Å². The molecule has 4 heteroatoms. The Morgan fingerprint density at radius 1 is 1.33 bits per heavy atom. The van der Waals surface area contributed by atoms with Gasteiger partial charge in [-0.25, -0.2) is 9.78 Å². The van der Waals surface area contributed by atoms with E-state index in [1.807, 2.05) is 18.2 Å². The first kappa shape index (κ1) is 11.5. The number of benzene rings is 1. The molecule has 4 nitrogen and oxygen atoms in total. The van der Waals surface area contributed by atoms with Gasteiger partial charge in [0.05, 0.1) is 26.7 Å². The third-order valence-electron chi connectivity index (χ3n) is 1.96. The second-order valence-corrected chi connectivity index (χ2v) is 2.91. The fourth-order valence-corrected chi connectivity index (χ4v) is 1.24. The molecule has 0 saturated heterocycles. The van der Waals surface area contributed by atoms with Crippen molar-refractivity contribution in [2.75, 3.05) is 14.2 Å². The summed E-state index contributed by atoms with van der Waals surface area (Å²) in [6, 6.07) is 7.67. The molecule has 0 radical (unpaired) electrons. The summed E-state index contributed by atoms with van der Waals surface area (Å²) in [5, 5.41) is 8.60. The Hall–Kier alpha value is -1.57. The van der Waals surface area contributed by atoms with Gasteiger partial charge in [-0.05, 0) is 11.6 Å². The van der Waals surface area contributed by atoms with E-state index in [2.05, 4.69) is 11.0 Å². The van der Waals surface area contributed by atoms with Gasteiger partial charge in [0, 0.05) is 5.56 Å². The van der Waals surface area contributed by atoms with Crippen LogP contribution in [0.4, 0.5) is 0 Å². The molecular weight excluding hydrogens is 194 g/mol. The zero-order valence-corrected chi connectivity index (χ0v) is 8.82. The molecule has 0 fully saturated rings. The van der Waals surface area contributed by atoms with Gasteiger partial charge >= 0.3 is 0 Å². The zero-order chi connectivity index (χ0) is 11.1. The first-order valence-electron chi connectivity index (χ1n) is 4.50. The van der Waals surface area contributed by atoms with Crippen LogP contribution in [-0.4, -0.2) is 14.2 Å². The normalized spacial score (nSPS) is 9.67. The zero-order valence-electron chi connectivity index (χ0n) is 8.82. The summed E-state index contributed by atoms with van der Waals surface area (Å²) >= 11 is 0. The largest absolute Gasteiger partial charge is 0.496 e. The van der Waals surface area contributed by atoms with Crippen molar-refractivity contribution in [3.8, 4) is 11.8 Å². The lowest BCUT2D eigenvalue weighted by molar-refractivity contribution is -0.282. The highest BCUT2D eigenvalue weighted by molar-refractivity contribution is 5.38. The first-order valence-corrected chi connectivity index (χ1v) is 4.50. The highest BCUT2D eigenvalue weighted by atomic mass is 17.2. The van der Waals surface area contributed by atoms with Gasteiger partial charge in [0.15, 0.2) is 0 Å². The Kier molecular flexibility index (Phi) is 4.61. The van der Waals surface area contributed by atoms with Crippen LogP contribution in [0.25, 0.3) is 0 Å². The number of hydrogen-bond donors (Lipinski definition) is 0. The van der Waals surface area contributed by atoms with E-state index >= 15 is 0 Å². The molecule has 0 bridgehead atoms. The third-order valence-corrected chi connectivity index (χ3v) is 1.96. The van der Waals surface area contributed by atoms with E-state index in [0.717, 1.165) is 11.1 Å². The van der Waals surface area contributed by atoms with Crippen molar-refractivity contribution >= 4 is 0 Å². The maximum Gasteiger partial charge on any atom is 0.123 e. The molecular formula is C11H13NO3. The molecule has 0 heterocycles. The average Bonchev–Trinajstić information content (AvgIpc) is 2.28. The van der Waals surface area contributed by atoms with Gasteiger partial charge in [0.2, 0.25) is 0 Å². The van der Waals surface area contributed by atoms with Crippen molar-refractivity contribution in [1.82, 2.24) is 0 Å². The predicted molar refractivity (Wildman–Crippen MR) is 54.1 cm³/mol. The van der Waals surface area contributed by atoms with E-state index in [0.29, 0.717) is 18.8 Å². The summed E-state index contributed by atoms with van der Waals surface area (Å²) < 4.78 is 5.17. The van der Waals surface area contributed by atoms with E-state index < -0.39 is 0 Å². The van der Waals surface area contributed by atoms with E-state index in [4.69, 9.17) is 14.9 Å². The minimum atomic E-state index is 0.342. The fraction of sp³-hybridized carbons (Fsp3) is 0.364. The second-order valence-electron chi connectivity index (χ2n) is 2.91. The summed E-state index contributed by atoms with van der Waals surface area (Å²) in [5.74, 6) is 0.703. The highest BCUT2D eigenvalue weighted by Crippen LogP contribution is 2.21. The molecule has 1 aromatic carbocycles. The Morgan fingerprint density at radius 3 is 2.73 bits per heavy atom. The minimum Gasteiger partial charge on any atom is -0.496 e. The monoisotopic (exact) mass is 207 g/mol. The smallest absolute Gasteiger partial charge is 0.123 e. The lowest BCUT2D eigenvalue weighted by Crippen LogP contribution is -1.96. The van der Waals surface area contributed by atoms with E-state index in [1.54, 1.807) is 7.11 Å². The van der Waals surface area contributed by atoms with Crippen LogP contribution >= 0.6 is 0 Å². The van der Waals surface area contributed by atoms with Crippen molar-refractivity contribution in [2.24, 2.45) is 0 Å². The van der Waals surface area contributed by atoms with Crippen LogP contribution in [0.5, 0.6) is 5.75 Å². The molecule has 0 aliphatic rings. The first-order chi connectivity index (χ1) is 7.31. The van der Waals surface area contributed by atoms with E-state index in [-0.39, 0.29) is 0 Å². The number of ether oxygens (including phenoxy) is 1. The quantitative estimate of drug-likeness (QED) is 0.546. The molecule has 0 unspecified atom stereocenters. The van der Waals surface area contributed by atoms with E-state index in [1.165, 1.54) is 7.11 Å². The topological polar surface area (TPSA) is 51.5 Å². The minimum absolute atomic E-state index is 0.342.